The van der Waals surface area contributed by atoms with Gasteiger partial charge in [0.2, 0.25) is 0 Å². The van der Waals surface area contributed by atoms with Gasteiger partial charge in [-0.25, -0.2) is 0 Å². The van der Waals surface area contributed by atoms with Crippen molar-refractivity contribution in [1.29, 1.82) is 0 Å². The van der Waals surface area contributed by atoms with Crippen LogP contribution in [0.5, 0.6) is 0 Å². The van der Waals surface area contributed by atoms with Crippen LogP contribution in [0.1, 0.15) is 29.1 Å². The molecule has 0 aliphatic carbocycles. The van der Waals surface area contributed by atoms with E-state index in [2.05, 4.69) is 56.3 Å². The molecule has 2 atom stereocenters. The van der Waals surface area contributed by atoms with Crippen molar-refractivity contribution in [1.82, 2.24) is 10.3 Å². The van der Waals surface area contributed by atoms with Gasteiger partial charge in [-0.1, -0.05) is 39.7 Å². The molecule has 5 rings (SSSR count). The van der Waals surface area contributed by atoms with E-state index in [0.29, 0.717) is 10.1 Å². The monoisotopic (exact) mass is 523 g/mol. The lowest BCUT2D eigenvalue weighted by Crippen LogP contribution is -2.29. The average Bonchev–Trinajstić information content (AvgIpc) is 3.39. The van der Waals surface area contributed by atoms with E-state index in [1.54, 1.807) is 6.20 Å². The fraction of sp³-hybridized carbons (Fsp3) is 0.120. The molecule has 0 radical (unpaired) electrons. The largest absolute Gasteiger partial charge is 0.459 e. The van der Waals surface area contributed by atoms with Crippen molar-refractivity contribution < 1.29 is 4.42 Å². The first-order valence-electron chi connectivity index (χ1n) is 10.1. The average molecular weight is 525 g/mol. The van der Waals surface area contributed by atoms with Crippen LogP contribution in [0.4, 0.5) is 5.69 Å². The molecule has 1 N–H and O–H groups in total. The van der Waals surface area contributed by atoms with Crippen LogP contribution in [0.25, 0.3) is 11.3 Å². The molecule has 1 saturated heterocycles. The minimum Gasteiger partial charge on any atom is -0.459 e. The van der Waals surface area contributed by atoms with Gasteiger partial charge in [0.25, 0.3) is 0 Å². The molecule has 2 aromatic carbocycles. The Morgan fingerprint density at radius 1 is 1.06 bits per heavy atom. The lowest BCUT2D eigenvalue weighted by Gasteiger charge is -2.26. The molecule has 160 valence electrons. The summed E-state index contributed by atoms with van der Waals surface area (Å²) >= 11 is 15.5. The number of benzene rings is 2. The molecule has 0 unspecified atom stereocenters. The molecule has 0 saturated carbocycles. The van der Waals surface area contributed by atoms with Gasteiger partial charge < -0.3 is 14.6 Å². The van der Waals surface area contributed by atoms with Crippen molar-refractivity contribution in [3.05, 3.63) is 106 Å². The highest BCUT2D eigenvalue weighted by Crippen LogP contribution is 2.43. The first-order valence-corrected chi connectivity index (χ1v) is 11.7. The second-order valence-electron chi connectivity index (χ2n) is 7.66. The zero-order valence-electron chi connectivity index (χ0n) is 17.1. The van der Waals surface area contributed by atoms with Gasteiger partial charge in [0.15, 0.2) is 5.11 Å². The van der Waals surface area contributed by atoms with Crippen LogP contribution in [0.3, 0.4) is 0 Å². The van der Waals surface area contributed by atoms with Gasteiger partial charge in [-0.05, 0) is 85.4 Å². The maximum absolute atomic E-state index is 6.42. The highest BCUT2D eigenvalue weighted by atomic mass is 79.9. The molecular formula is C25H19BrClN3OS. The number of halogens is 2. The topological polar surface area (TPSA) is 41.3 Å². The molecule has 0 bridgehead atoms. The highest BCUT2D eigenvalue weighted by Gasteiger charge is 2.42. The predicted molar refractivity (Wildman–Crippen MR) is 136 cm³/mol. The van der Waals surface area contributed by atoms with Crippen LogP contribution in [0.2, 0.25) is 5.02 Å². The van der Waals surface area contributed by atoms with Crippen LogP contribution in [0, 0.1) is 6.92 Å². The zero-order valence-corrected chi connectivity index (χ0v) is 20.3. The third kappa shape index (κ3) is 3.94. The van der Waals surface area contributed by atoms with Crippen molar-refractivity contribution >= 4 is 50.5 Å². The number of pyridine rings is 1. The van der Waals surface area contributed by atoms with E-state index in [1.807, 2.05) is 54.6 Å². The third-order valence-corrected chi connectivity index (χ3v) is 6.73. The number of hydrogen-bond donors (Lipinski definition) is 1. The molecule has 3 heterocycles. The summed E-state index contributed by atoms with van der Waals surface area (Å²) in [6.07, 6.45) is 1.79. The number of aromatic nitrogens is 1. The third-order valence-electron chi connectivity index (χ3n) is 5.51. The fourth-order valence-corrected chi connectivity index (χ4v) is 5.16. The van der Waals surface area contributed by atoms with Crippen molar-refractivity contribution in [2.45, 2.75) is 19.0 Å². The Balaban J connectivity index is 1.60. The molecule has 0 spiro atoms. The number of rotatable bonds is 4. The highest BCUT2D eigenvalue weighted by molar-refractivity contribution is 9.10. The number of nitrogens with one attached hydrogen (secondary N) is 1. The molecule has 2 aromatic heterocycles. The number of hydrogen-bond acceptors (Lipinski definition) is 3. The summed E-state index contributed by atoms with van der Waals surface area (Å²) in [5, 5.41) is 4.73. The summed E-state index contributed by atoms with van der Waals surface area (Å²) in [5.41, 5.74) is 4.01. The maximum Gasteiger partial charge on any atom is 0.174 e. The predicted octanol–water partition coefficient (Wildman–Crippen LogP) is 7.24. The van der Waals surface area contributed by atoms with Gasteiger partial charge >= 0.3 is 0 Å². The Bertz CT molecular complexity index is 1280. The van der Waals surface area contributed by atoms with Crippen molar-refractivity contribution in [2.75, 3.05) is 4.90 Å². The van der Waals surface area contributed by atoms with Crippen LogP contribution in [-0.4, -0.2) is 10.1 Å². The molecule has 7 heteroatoms. The Morgan fingerprint density at radius 3 is 2.59 bits per heavy atom. The molecule has 1 aliphatic rings. The minimum atomic E-state index is -0.212. The van der Waals surface area contributed by atoms with Crippen LogP contribution in [0.15, 0.2) is 87.9 Å². The van der Waals surface area contributed by atoms with Crippen molar-refractivity contribution in [3.8, 4) is 11.3 Å². The number of nitrogens with zero attached hydrogens (tertiary/aromatic N) is 2. The first-order chi connectivity index (χ1) is 15.5. The lowest BCUT2D eigenvalue weighted by molar-refractivity contribution is 0.439. The molecule has 4 aromatic rings. The SMILES string of the molecule is Cc1ccc(-c2ccc([C@H]3[C@@H](c4ccccn4)NC(=S)N3c3ccc(Cl)cc3)o2)c(Br)c1. The van der Waals surface area contributed by atoms with Crippen molar-refractivity contribution in [3.63, 3.8) is 0 Å². The van der Waals surface area contributed by atoms with Crippen LogP contribution < -0.4 is 10.2 Å². The zero-order chi connectivity index (χ0) is 22.2. The van der Waals surface area contributed by atoms with Crippen LogP contribution >= 0.6 is 39.7 Å². The van der Waals surface area contributed by atoms with E-state index in [9.17, 15) is 0 Å². The fourth-order valence-electron chi connectivity index (χ4n) is 4.00. The summed E-state index contributed by atoms with van der Waals surface area (Å²) in [7, 11) is 0. The van der Waals surface area contributed by atoms with Gasteiger partial charge in [-0.15, -0.1) is 0 Å². The maximum atomic E-state index is 6.42. The van der Waals surface area contributed by atoms with Gasteiger partial charge in [-0.3, -0.25) is 4.98 Å². The first kappa shape index (κ1) is 21.2. The summed E-state index contributed by atoms with van der Waals surface area (Å²) in [6, 6.07) is 23.4. The Hall–Kier alpha value is -2.67. The number of aryl methyl sites for hydroxylation is 1. The molecule has 1 fully saturated rings. The molecule has 0 amide bonds. The minimum absolute atomic E-state index is 0.167. The van der Waals surface area contributed by atoms with Crippen molar-refractivity contribution in [2.24, 2.45) is 0 Å². The quantitative estimate of drug-likeness (QED) is 0.285. The molecule has 1 aliphatic heterocycles. The lowest BCUT2D eigenvalue weighted by atomic mass is 10.0. The summed E-state index contributed by atoms with van der Waals surface area (Å²) < 4.78 is 7.42. The molecule has 4 nitrogen and oxygen atoms in total. The molecular weight excluding hydrogens is 506 g/mol. The van der Waals surface area contributed by atoms with Gasteiger partial charge in [0, 0.05) is 26.9 Å². The summed E-state index contributed by atoms with van der Waals surface area (Å²) in [5.74, 6) is 1.59. The number of furan rings is 1. The Labute approximate surface area is 205 Å². The van der Waals surface area contributed by atoms with Gasteiger partial charge in [0.1, 0.15) is 17.6 Å². The van der Waals surface area contributed by atoms with Crippen LogP contribution in [-0.2, 0) is 0 Å². The van der Waals surface area contributed by atoms with E-state index >= 15 is 0 Å². The molecule has 32 heavy (non-hydrogen) atoms. The van der Waals surface area contributed by atoms with E-state index in [1.165, 1.54) is 5.56 Å². The van der Waals surface area contributed by atoms with E-state index in [4.69, 9.17) is 28.2 Å². The van der Waals surface area contributed by atoms with Gasteiger partial charge in [0.05, 0.1) is 11.7 Å². The van der Waals surface area contributed by atoms with E-state index in [-0.39, 0.29) is 12.1 Å². The number of thiocarbonyl (C=S) groups is 1. The standard InChI is InChI=1S/C25H19BrClN3OS/c1-15-5-10-18(19(26)14-15)21-11-12-22(31-21)24-23(20-4-2-3-13-28-20)29-25(32)30(24)17-8-6-16(27)7-9-17/h2-14,23-24H,1H3,(H,29,32)/t23-,24+/m1/s1. The normalized spacial score (nSPS) is 18.1. The Morgan fingerprint density at radius 2 is 1.88 bits per heavy atom. The van der Waals surface area contributed by atoms with Gasteiger partial charge in [-0.2, -0.15) is 0 Å². The van der Waals surface area contributed by atoms with E-state index < -0.39 is 0 Å². The summed E-state index contributed by atoms with van der Waals surface area (Å²) in [4.78, 5) is 6.65. The van der Waals surface area contributed by atoms with E-state index in [0.717, 1.165) is 32.9 Å². The second-order valence-corrected chi connectivity index (χ2v) is 9.34. The second kappa shape index (κ2) is 8.70. The Kier molecular flexibility index (Phi) is 5.76. The smallest absolute Gasteiger partial charge is 0.174 e. The summed E-state index contributed by atoms with van der Waals surface area (Å²) in [6.45, 7) is 2.06. The number of anilines is 1.